The Morgan fingerprint density at radius 1 is 1.06 bits per heavy atom. The van der Waals surface area contributed by atoms with Crippen molar-refractivity contribution in [1.29, 1.82) is 0 Å². The maximum Gasteiger partial charge on any atom is 0.329 e. The molecule has 8 heterocycles. The van der Waals surface area contributed by atoms with Crippen LogP contribution in [0.1, 0.15) is 79.5 Å². The number of aryl methyl sites for hydroxylation is 1. The van der Waals surface area contributed by atoms with Crippen LogP contribution in [0.3, 0.4) is 0 Å². The lowest BCUT2D eigenvalue weighted by Crippen LogP contribution is -2.60. The lowest BCUT2D eigenvalue weighted by atomic mass is 9.76. The van der Waals surface area contributed by atoms with Crippen LogP contribution in [0.15, 0.2) is 66.0 Å². The molecule has 3 unspecified atom stereocenters. The summed E-state index contributed by atoms with van der Waals surface area (Å²) in [7, 11) is 1.63. The van der Waals surface area contributed by atoms with Gasteiger partial charge in [0.15, 0.2) is 11.3 Å². The Morgan fingerprint density at radius 2 is 1.85 bits per heavy atom. The van der Waals surface area contributed by atoms with E-state index in [1.165, 1.54) is 30.7 Å². The highest BCUT2D eigenvalue weighted by Gasteiger charge is 2.52. The van der Waals surface area contributed by atoms with Crippen molar-refractivity contribution in [3.05, 3.63) is 83.0 Å². The van der Waals surface area contributed by atoms with Gasteiger partial charge in [-0.25, -0.2) is 31.9 Å². The average Bonchev–Trinajstić information content (AvgIpc) is 3.98. The molecule has 66 heavy (non-hydrogen) atoms. The Balaban J connectivity index is 0.761. The van der Waals surface area contributed by atoms with Crippen molar-refractivity contribution in [2.45, 2.75) is 81.5 Å². The number of aromatic nitrogens is 7. The predicted molar refractivity (Wildman–Crippen MR) is 234 cm³/mol. The molecule has 0 bridgehead atoms. The highest BCUT2D eigenvalue weighted by Crippen LogP contribution is 2.45. The number of imide groups is 1. The van der Waals surface area contributed by atoms with Crippen molar-refractivity contribution < 1.29 is 36.7 Å². The zero-order valence-corrected chi connectivity index (χ0v) is 36.3. The van der Waals surface area contributed by atoms with Crippen LogP contribution in [0.4, 0.5) is 34.8 Å². The van der Waals surface area contributed by atoms with Crippen LogP contribution in [-0.2, 0) is 21.4 Å². The second-order valence-electron chi connectivity index (χ2n) is 18.1. The summed E-state index contributed by atoms with van der Waals surface area (Å²) in [5.74, 6) is -5.01. The van der Waals surface area contributed by atoms with E-state index in [-0.39, 0.29) is 71.9 Å². The van der Waals surface area contributed by atoms with Gasteiger partial charge in [0.05, 0.1) is 60.4 Å². The number of hydrogen-bond donors (Lipinski definition) is 2. The summed E-state index contributed by atoms with van der Waals surface area (Å²) >= 11 is 0. The molecule has 4 aliphatic heterocycles. The Labute approximate surface area is 375 Å². The first-order valence-corrected chi connectivity index (χ1v) is 22.4. The number of fused-ring (bicyclic) bond motifs is 2. The van der Waals surface area contributed by atoms with E-state index in [1.807, 2.05) is 20.8 Å². The number of hydrogen-bond acceptors (Lipinski definition) is 11. The number of likely N-dealkylation sites (tertiary alicyclic amines) is 1. The number of nitrogens with one attached hydrogen (secondary N) is 2. The first-order chi connectivity index (χ1) is 31.8. The Kier molecular flexibility index (Phi) is 11.3. The maximum absolute atomic E-state index is 16.1. The normalized spacial score (nSPS) is 25.3. The minimum atomic E-state index is -2.97. The van der Waals surface area contributed by atoms with Crippen LogP contribution < -0.4 is 26.1 Å². The molecule has 5 aromatic rings. The number of piperidine rings is 2. The Morgan fingerprint density at radius 3 is 2.59 bits per heavy atom. The Bertz CT molecular complexity index is 2820. The molecule has 5 aliphatic rings. The molecule has 348 valence electrons. The third-order valence-electron chi connectivity index (χ3n) is 14.2. The number of halogens is 4. The fourth-order valence-corrected chi connectivity index (χ4v) is 10.8. The second kappa shape index (κ2) is 17.2. The first-order valence-electron chi connectivity index (χ1n) is 22.4. The molecule has 21 heteroatoms. The molecule has 4 aromatic heterocycles. The molecule has 3 amide bonds. The number of morpholine rings is 1. The molecule has 1 aromatic carbocycles. The molecule has 0 spiro atoms. The first kappa shape index (κ1) is 43.6. The lowest BCUT2D eigenvalue weighted by Gasteiger charge is -2.51. The number of rotatable bonds is 10. The van der Waals surface area contributed by atoms with Crippen molar-refractivity contribution in [2.24, 2.45) is 18.9 Å². The van der Waals surface area contributed by atoms with Crippen LogP contribution >= 0.6 is 0 Å². The van der Waals surface area contributed by atoms with E-state index in [0.29, 0.717) is 88.3 Å². The number of carbonyl (C=O) groups is 3. The molecule has 4 saturated heterocycles. The van der Waals surface area contributed by atoms with E-state index in [9.17, 15) is 28.0 Å². The fourth-order valence-electron chi connectivity index (χ4n) is 10.8. The number of imidazole rings is 1. The number of para-hydroxylation sites is 1. The van der Waals surface area contributed by atoms with Crippen molar-refractivity contribution in [3.8, 4) is 0 Å². The quantitative estimate of drug-likeness (QED) is 0.111. The van der Waals surface area contributed by atoms with Crippen molar-refractivity contribution in [2.75, 3.05) is 61.1 Å². The van der Waals surface area contributed by atoms with Gasteiger partial charge in [0.25, 0.3) is 18.3 Å². The van der Waals surface area contributed by atoms with Gasteiger partial charge in [-0.3, -0.25) is 38.4 Å². The fraction of sp³-hybridized carbons (Fsp3) is 0.511. The molecule has 1 saturated carbocycles. The van der Waals surface area contributed by atoms with Crippen LogP contribution in [0.25, 0.3) is 16.7 Å². The zero-order valence-electron chi connectivity index (χ0n) is 36.3. The molecule has 3 atom stereocenters. The van der Waals surface area contributed by atoms with Crippen molar-refractivity contribution in [1.82, 2.24) is 43.7 Å². The van der Waals surface area contributed by atoms with E-state index in [4.69, 9.17) is 9.72 Å². The van der Waals surface area contributed by atoms with Crippen LogP contribution in [0.5, 0.6) is 0 Å². The molecule has 10 rings (SSSR count). The van der Waals surface area contributed by atoms with Gasteiger partial charge in [0, 0.05) is 63.4 Å². The van der Waals surface area contributed by atoms with Crippen molar-refractivity contribution in [3.63, 3.8) is 0 Å². The number of alkyl halides is 4. The Hall–Kier alpha value is -6.31. The topological polar surface area (TPSA) is 169 Å². The van der Waals surface area contributed by atoms with Crippen LogP contribution in [-0.4, -0.2) is 120 Å². The van der Waals surface area contributed by atoms with E-state index in [2.05, 4.69) is 33.1 Å². The SMILES string of the molecule is C=C=CC1COCCN1c1ccn2ncc(C(=O)Nc3cn([C@H]4CC[C@@H](N5CCC(C6CN(c7cccc8c7n(C)c(=O)n8C7CCC(=O)NC7=O)C6)C(F)(F)C5)CC4)nc3C(F)F)c2n1. The van der Waals surface area contributed by atoms with Crippen LogP contribution in [0.2, 0.25) is 0 Å². The maximum atomic E-state index is 16.1. The third-order valence-corrected chi connectivity index (χ3v) is 14.2. The summed E-state index contributed by atoms with van der Waals surface area (Å²) in [6, 6.07) is 5.83. The standard InChI is InChI=1S/C45H50F4N12O5/c1-3-5-29-24-66-19-18-58(29)36-15-17-59-41(52-36)30(20-50-59)42(63)51-32-23-60(54-38(32)40(46)47)28-10-8-27(9-11-28)56-16-14-31(45(48,49)25-56)26-21-57(22-26)33-6-4-7-34-39(33)55(2)44(65)61(34)35-12-13-37(62)53-43(35)64/h4-7,15,17,20,23,26-29,31,35,40H,1,8-14,16,18-19,21-22,24-25H2,2H3,(H,51,63)(H,53,62,64)/t27-,28+,29?,31?,35?. The molecule has 17 nitrogen and oxygen atoms in total. The van der Waals surface area contributed by atoms with E-state index in [1.54, 1.807) is 37.5 Å². The van der Waals surface area contributed by atoms with E-state index in [0.717, 1.165) is 5.69 Å². The summed E-state index contributed by atoms with van der Waals surface area (Å²) in [4.78, 5) is 62.2. The molecular weight excluding hydrogens is 865 g/mol. The molecule has 5 fully saturated rings. The van der Waals surface area contributed by atoms with Crippen LogP contribution in [0, 0.1) is 11.8 Å². The average molecular weight is 915 g/mol. The monoisotopic (exact) mass is 914 g/mol. The number of ether oxygens (including phenoxy) is 1. The summed E-state index contributed by atoms with van der Waals surface area (Å²) < 4.78 is 72.4. The van der Waals surface area contributed by atoms with Gasteiger partial charge in [0.1, 0.15) is 17.4 Å². The van der Waals surface area contributed by atoms with Gasteiger partial charge in [-0.1, -0.05) is 12.6 Å². The summed E-state index contributed by atoms with van der Waals surface area (Å²) in [5.41, 5.74) is 3.94. The van der Waals surface area contributed by atoms with Gasteiger partial charge in [-0.05, 0) is 69.3 Å². The predicted octanol–water partition coefficient (Wildman–Crippen LogP) is 4.87. The molecule has 2 N–H and O–H groups in total. The van der Waals surface area contributed by atoms with Crippen molar-refractivity contribution >= 4 is 51.6 Å². The van der Waals surface area contributed by atoms with Gasteiger partial charge < -0.3 is 19.9 Å². The van der Waals surface area contributed by atoms with Gasteiger partial charge in [-0.15, -0.1) is 5.73 Å². The minimum absolute atomic E-state index is 0.0922. The van der Waals surface area contributed by atoms with Gasteiger partial charge >= 0.3 is 5.69 Å². The summed E-state index contributed by atoms with van der Waals surface area (Å²) in [5, 5.41) is 13.4. The van der Waals surface area contributed by atoms with Gasteiger partial charge in [-0.2, -0.15) is 10.2 Å². The highest BCUT2D eigenvalue weighted by molar-refractivity contribution is 6.08. The number of benzene rings is 1. The second-order valence-corrected chi connectivity index (χ2v) is 18.1. The number of carbonyl (C=O) groups excluding carboxylic acids is 3. The van der Waals surface area contributed by atoms with E-state index < -0.39 is 41.8 Å². The summed E-state index contributed by atoms with van der Waals surface area (Å²) in [6.07, 6.45) is 6.14. The number of anilines is 3. The van der Waals surface area contributed by atoms with Gasteiger partial charge in [0.2, 0.25) is 11.8 Å². The van der Waals surface area contributed by atoms with E-state index >= 15 is 8.78 Å². The minimum Gasteiger partial charge on any atom is -0.377 e. The zero-order chi connectivity index (χ0) is 46.0. The lowest BCUT2D eigenvalue weighted by molar-refractivity contribution is -0.142. The summed E-state index contributed by atoms with van der Waals surface area (Å²) in [6.45, 7) is 6.06. The number of amides is 3. The molecular formula is C45H50F4N12O5. The highest BCUT2D eigenvalue weighted by atomic mass is 19.3. The third kappa shape index (κ3) is 7.75. The number of nitrogens with zero attached hydrogens (tertiary/aromatic N) is 10. The molecule has 0 radical (unpaired) electrons. The molecule has 1 aliphatic carbocycles. The smallest absolute Gasteiger partial charge is 0.329 e. The largest absolute Gasteiger partial charge is 0.377 e.